The third kappa shape index (κ3) is 3.07. The maximum atomic E-state index is 12.9. The van der Waals surface area contributed by atoms with Gasteiger partial charge >= 0.3 is 0 Å². The van der Waals surface area contributed by atoms with Crippen molar-refractivity contribution in [2.75, 3.05) is 5.32 Å². The summed E-state index contributed by atoms with van der Waals surface area (Å²) in [7, 11) is 0. The highest BCUT2D eigenvalue weighted by Crippen LogP contribution is 2.44. The van der Waals surface area contributed by atoms with Gasteiger partial charge in [0.1, 0.15) is 5.75 Å². The van der Waals surface area contributed by atoms with Crippen LogP contribution in [-0.2, 0) is 0 Å². The molecular formula is C27H19NO2. The van der Waals surface area contributed by atoms with E-state index in [0.717, 1.165) is 27.1 Å². The summed E-state index contributed by atoms with van der Waals surface area (Å²) < 4.78 is 0. The van der Waals surface area contributed by atoms with Crippen molar-refractivity contribution in [3.63, 3.8) is 0 Å². The molecule has 5 aromatic rings. The molecule has 5 rings (SSSR count). The molecule has 5 aromatic carbocycles. The average Bonchev–Trinajstić information content (AvgIpc) is 2.80. The van der Waals surface area contributed by atoms with Crippen molar-refractivity contribution in [2.45, 2.75) is 0 Å². The second kappa shape index (κ2) is 7.37. The second-order valence-corrected chi connectivity index (χ2v) is 7.21. The van der Waals surface area contributed by atoms with Crippen LogP contribution in [0.3, 0.4) is 0 Å². The van der Waals surface area contributed by atoms with Crippen molar-refractivity contribution >= 4 is 33.1 Å². The third-order valence-electron chi connectivity index (χ3n) is 5.37. The zero-order chi connectivity index (χ0) is 20.5. The van der Waals surface area contributed by atoms with Gasteiger partial charge in [0.05, 0.1) is 0 Å². The van der Waals surface area contributed by atoms with Gasteiger partial charge in [-0.05, 0) is 45.8 Å². The Bertz CT molecular complexity index is 1390. The summed E-state index contributed by atoms with van der Waals surface area (Å²) in [6.45, 7) is 0. The van der Waals surface area contributed by atoms with E-state index >= 15 is 0 Å². The molecule has 3 nitrogen and oxygen atoms in total. The quantitative estimate of drug-likeness (QED) is 0.364. The van der Waals surface area contributed by atoms with Gasteiger partial charge in [-0.3, -0.25) is 4.79 Å². The van der Waals surface area contributed by atoms with Crippen molar-refractivity contribution < 1.29 is 9.90 Å². The van der Waals surface area contributed by atoms with E-state index in [1.165, 1.54) is 0 Å². The van der Waals surface area contributed by atoms with Crippen molar-refractivity contribution in [3.05, 3.63) is 109 Å². The second-order valence-electron chi connectivity index (χ2n) is 7.21. The number of benzene rings is 5. The van der Waals surface area contributed by atoms with Gasteiger partial charge < -0.3 is 10.4 Å². The van der Waals surface area contributed by atoms with Gasteiger partial charge in [0, 0.05) is 22.4 Å². The topological polar surface area (TPSA) is 49.3 Å². The standard InChI is InChI=1S/C27H19NO2/c29-24-17-15-19-9-5-7-13-22(19)26(24)25-21-12-6-4-8-18(21)14-16-23(25)28-27(30)20-10-2-1-3-11-20/h1-17,29H,(H,28,30). The van der Waals surface area contributed by atoms with E-state index in [9.17, 15) is 9.90 Å². The lowest BCUT2D eigenvalue weighted by atomic mass is 9.91. The van der Waals surface area contributed by atoms with Crippen molar-refractivity contribution in [1.82, 2.24) is 0 Å². The molecule has 0 radical (unpaired) electrons. The molecule has 0 fully saturated rings. The lowest BCUT2D eigenvalue weighted by Crippen LogP contribution is -2.12. The van der Waals surface area contributed by atoms with Crippen LogP contribution in [0, 0.1) is 0 Å². The fourth-order valence-electron chi connectivity index (χ4n) is 3.95. The molecule has 0 aromatic heterocycles. The molecule has 0 atom stereocenters. The summed E-state index contributed by atoms with van der Waals surface area (Å²) in [6, 6.07) is 32.6. The first-order chi connectivity index (χ1) is 14.7. The van der Waals surface area contributed by atoms with Crippen molar-refractivity contribution in [3.8, 4) is 16.9 Å². The van der Waals surface area contributed by atoms with Gasteiger partial charge in [0.25, 0.3) is 5.91 Å². The monoisotopic (exact) mass is 389 g/mol. The number of hydrogen-bond donors (Lipinski definition) is 2. The molecule has 30 heavy (non-hydrogen) atoms. The van der Waals surface area contributed by atoms with Crippen LogP contribution in [0.2, 0.25) is 0 Å². The molecule has 3 heteroatoms. The minimum Gasteiger partial charge on any atom is -0.507 e. The Balaban J connectivity index is 1.78. The zero-order valence-electron chi connectivity index (χ0n) is 16.2. The van der Waals surface area contributed by atoms with E-state index in [2.05, 4.69) is 5.32 Å². The number of amides is 1. The lowest BCUT2D eigenvalue weighted by Gasteiger charge is -2.17. The first-order valence-electron chi connectivity index (χ1n) is 9.81. The molecule has 0 saturated carbocycles. The average molecular weight is 389 g/mol. The predicted molar refractivity (Wildman–Crippen MR) is 123 cm³/mol. The molecule has 1 amide bonds. The SMILES string of the molecule is O=C(Nc1ccc2ccccc2c1-c1c(O)ccc2ccccc12)c1ccccc1. The van der Waals surface area contributed by atoms with Crippen LogP contribution >= 0.6 is 0 Å². The highest BCUT2D eigenvalue weighted by Gasteiger charge is 2.18. The van der Waals surface area contributed by atoms with Crippen LogP contribution in [0.15, 0.2) is 103 Å². The Morgan fingerprint density at radius 3 is 1.87 bits per heavy atom. The molecule has 0 aliphatic heterocycles. The summed E-state index contributed by atoms with van der Waals surface area (Å²) in [6.07, 6.45) is 0. The highest BCUT2D eigenvalue weighted by atomic mass is 16.3. The number of phenols is 1. The summed E-state index contributed by atoms with van der Waals surface area (Å²) in [5, 5.41) is 17.9. The Morgan fingerprint density at radius 2 is 1.17 bits per heavy atom. The number of phenolic OH excluding ortho intramolecular Hbond substituents is 1. The first kappa shape index (κ1) is 18.0. The highest BCUT2D eigenvalue weighted by molar-refractivity contribution is 6.15. The molecule has 2 N–H and O–H groups in total. The van der Waals surface area contributed by atoms with Crippen LogP contribution in [0.5, 0.6) is 5.75 Å². The van der Waals surface area contributed by atoms with Crippen LogP contribution in [0.1, 0.15) is 10.4 Å². The number of aromatic hydroxyl groups is 1. The lowest BCUT2D eigenvalue weighted by molar-refractivity contribution is 0.102. The van der Waals surface area contributed by atoms with Gasteiger partial charge in [-0.25, -0.2) is 0 Å². The zero-order valence-corrected chi connectivity index (χ0v) is 16.2. The summed E-state index contributed by atoms with van der Waals surface area (Å²) in [5.74, 6) is -0.00730. The molecule has 144 valence electrons. The van der Waals surface area contributed by atoms with Gasteiger partial charge in [-0.1, -0.05) is 78.9 Å². The number of rotatable bonds is 3. The minimum absolute atomic E-state index is 0.181. The number of carbonyl (C=O) groups excluding carboxylic acids is 1. The third-order valence-corrected chi connectivity index (χ3v) is 5.37. The van der Waals surface area contributed by atoms with Crippen molar-refractivity contribution in [2.24, 2.45) is 0 Å². The number of nitrogens with one attached hydrogen (secondary N) is 1. The first-order valence-corrected chi connectivity index (χ1v) is 9.81. The van der Waals surface area contributed by atoms with E-state index in [4.69, 9.17) is 0 Å². The Hall–Kier alpha value is -4.11. The Labute approximate surface area is 174 Å². The normalized spacial score (nSPS) is 10.9. The van der Waals surface area contributed by atoms with E-state index < -0.39 is 0 Å². The van der Waals surface area contributed by atoms with Gasteiger partial charge in [0.15, 0.2) is 0 Å². The van der Waals surface area contributed by atoms with Crippen LogP contribution in [0.25, 0.3) is 32.7 Å². The molecule has 0 aliphatic rings. The van der Waals surface area contributed by atoms with Crippen LogP contribution in [0.4, 0.5) is 5.69 Å². The van der Waals surface area contributed by atoms with Crippen LogP contribution < -0.4 is 5.32 Å². The molecule has 0 aliphatic carbocycles. The molecule has 0 spiro atoms. The Kier molecular flexibility index (Phi) is 4.41. The molecule has 0 saturated heterocycles. The molecule has 0 heterocycles. The van der Waals surface area contributed by atoms with E-state index in [1.54, 1.807) is 18.2 Å². The number of anilines is 1. The molecule has 0 bridgehead atoms. The summed E-state index contributed by atoms with van der Waals surface area (Å²) >= 11 is 0. The largest absolute Gasteiger partial charge is 0.507 e. The number of hydrogen-bond acceptors (Lipinski definition) is 2. The summed E-state index contributed by atoms with van der Waals surface area (Å²) in [5.41, 5.74) is 2.77. The number of carbonyl (C=O) groups is 1. The molecule has 0 unspecified atom stereocenters. The van der Waals surface area contributed by atoms with E-state index in [0.29, 0.717) is 16.8 Å². The summed E-state index contributed by atoms with van der Waals surface area (Å²) in [4.78, 5) is 12.9. The Morgan fingerprint density at radius 1 is 0.600 bits per heavy atom. The van der Waals surface area contributed by atoms with Gasteiger partial charge in [0.2, 0.25) is 0 Å². The van der Waals surface area contributed by atoms with E-state index in [-0.39, 0.29) is 11.7 Å². The number of fused-ring (bicyclic) bond motifs is 2. The van der Waals surface area contributed by atoms with Gasteiger partial charge in [-0.15, -0.1) is 0 Å². The predicted octanol–water partition coefficient (Wildman–Crippen LogP) is 6.62. The van der Waals surface area contributed by atoms with Crippen molar-refractivity contribution in [1.29, 1.82) is 0 Å². The minimum atomic E-state index is -0.188. The van der Waals surface area contributed by atoms with Crippen LogP contribution in [-0.4, -0.2) is 11.0 Å². The maximum Gasteiger partial charge on any atom is 0.255 e. The van der Waals surface area contributed by atoms with E-state index in [1.807, 2.05) is 84.9 Å². The smallest absolute Gasteiger partial charge is 0.255 e. The fraction of sp³-hybridized carbons (Fsp3) is 0. The molecular weight excluding hydrogens is 370 g/mol. The fourth-order valence-corrected chi connectivity index (χ4v) is 3.95. The maximum absolute atomic E-state index is 12.9. The van der Waals surface area contributed by atoms with Gasteiger partial charge in [-0.2, -0.15) is 0 Å².